The number of benzene rings is 2. The number of carbonyl (C=O) groups excluding carboxylic acids is 1. The molecule has 184 valence electrons. The van der Waals surface area contributed by atoms with E-state index >= 15 is 0 Å². The summed E-state index contributed by atoms with van der Waals surface area (Å²) in [5.74, 6) is -1.60. The molecule has 0 amide bonds. The molecular weight excluding hydrogens is 483 g/mol. The van der Waals surface area contributed by atoms with Gasteiger partial charge in [-0.1, -0.05) is 24.3 Å². The predicted molar refractivity (Wildman–Crippen MR) is 124 cm³/mol. The molecule has 0 spiro atoms. The maximum atomic E-state index is 13.4. The van der Waals surface area contributed by atoms with Crippen molar-refractivity contribution in [3.63, 3.8) is 0 Å². The zero-order chi connectivity index (χ0) is 25.6. The molecule has 0 aliphatic rings. The highest BCUT2D eigenvalue weighted by Crippen LogP contribution is 2.36. The summed E-state index contributed by atoms with van der Waals surface area (Å²) in [5, 5.41) is -0.155. The number of hydrogen-bond acceptors (Lipinski definition) is 6. The third kappa shape index (κ3) is 6.48. The number of rotatable bonds is 8. The standard InChI is InChI=1S/C25H22F3NO5S/c1-33-20-10-6-17(7-11-20)22(16-35(31,32)23-5-3-4-14-29-23)21-12-9-19(25(26,27)28)15-18(21)8-13-24(30)34-2/h3-15,22H,16H2,1-2H3/b13-8+. The highest BCUT2D eigenvalue weighted by molar-refractivity contribution is 7.91. The molecule has 1 atom stereocenters. The average molecular weight is 506 g/mol. The number of sulfone groups is 1. The predicted octanol–water partition coefficient (Wildman–Crippen LogP) is 4.90. The molecule has 6 nitrogen and oxygen atoms in total. The van der Waals surface area contributed by atoms with E-state index < -0.39 is 39.2 Å². The lowest BCUT2D eigenvalue weighted by Gasteiger charge is -2.22. The third-order valence-electron chi connectivity index (χ3n) is 5.25. The van der Waals surface area contributed by atoms with Crippen LogP contribution in [0, 0.1) is 0 Å². The number of esters is 1. The van der Waals surface area contributed by atoms with Crippen molar-refractivity contribution < 1.29 is 35.9 Å². The molecule has 0 aliphatic heterocycles. The van der Waals surface area contributed by atoms with Gasteiger partial charge in [0, 0.05) is 18.2 Å². The van der Waals surface area contributed by atoms with E-state index in [2.05, 4.69) is 9.72 Å². The Balaban J connectivity index is 2.19. The summed E-state index contributed by atoms with van der Waals surface area (Å²) in [6.07, 6.45) is -1.13. The fourth-order valence-corrected chi connectivity index (χ4v) is 4.97. The van der Waals surface area contributed by atoms with Gasteiger partial charge in [0.05, 0.1) is 25.5 Å². The molecule has 1 unspecified atom stereocenters. The van der Waals surface area contributed by atoms with Crippen LogP contribution in [0.15, 0.2) is 78.0 Å². The molecule has 0 N–H and O–H groups in total. The fourth-order valence-electron chi connectivity index (χ4n) is 3.48. The van der Waals surface area contributed by atoms with Crippen molar-refractivity contribution in [2.75, 3.05) is 20.0 Å². The number of aromatic nitrogens is 1. The maximum absolute atomic E-state index is 13.4. The molecule has 0 bridgehead atoms. The number of methoxy groups -OCH3 is 2. The first-order valence-electron chi connectivity index (χ1n) is 10.3. The molecule has 2 aromatic carbocycles. The van der Waals surface area contributed by atoms with Crippen LogP contribution in [0.5, 0.6) is 5.75 Å². The van der Waals surface area contributed by atoms with Gasteiger partial charge in [0.15, 0.2) is 14.9 Å². The van der Waals surface area contributed by atoms with E-state index in [1.54, 1.807) is 30.3 Å². The van der Waals surface area contributed by atoms with Gasteiger partial charge in [0.25, 0.3) is 0 Å². The first kappa shape index (κ1) is 26.0. The molecular formula is C25H22F3NO5S. The zero-order valence-corrected chi connectivity index (χ0v) is 19.6. The number of nitrogens with zero attached hydrogens (tertiary/aromatic N) is 1. The van der Waals surface area contributed by atoms with Crippen molar-refractivity contribution in [3.8, 4) is 5.75 Å². The van der Waals surface area contributed by atoms with Gasteiger partial charge >= 0.3 is 12.1 Å². The van der Waals surface area contributed by atoms with E-state index in [1.165, 1.54) is 37.6 Å². The van der Waals surface area contributed by atoms with Gasteiger partial charge in [-0.25, -0.2) is 18.2 Å². The highest BCUT2D eigenvalue weighted by atomic mass is 32.2. The molecule has 0 saturated carbocycles. The van der Waals surface area contributed by atoms with Gasteiger partial charge in [-0.05, 0) is 59.2 Å². The Morgan fingerprint density at radius 2 is 1.77 bits per heavy atom. The molecule has 3 rings (SSSR count). The molecule has 35 heavy (non-hydrogen) atoms. The van der Waals surface area contributed by atoms with Gasteiger partial charge in [-0.15, -0.1) is 0 Å². The molecule has 1 heterocycles. The first-order valence-corrected chi connectivity index (χ1v) is 12.0. The van der Waals surface area contributed by atoms with Crippen molar-refractivity contribution in [1.29, 1.82) is 0 Å². The van der Waals surface area contributed by atoms with Crippen LogP contribution in [-0.2, 0) is 25.5 Å². The normalized spacial score (nSPS) is 12.9. The van der Waals surface area contributed by atoms with Gasteiger partial charge in [-0.3, -0.25) is 0 Å². The lowest BCUT2D eigenvalue weighted by Crippen LogP contribution is -2.18. The van der Waals surface area contributed by atoms with E-state index in [-0.39, 0.29) is 16.2 Å². The number of hydrogen-bond donors (Lipinski definition) is 0. The summed E-state index contributed by atoms with van der Waals surface area (Å²) < 4.78 is 76.4. The molecule has 1 aromatic heterocycles. The van der Waals surface area contributed by atoms with Crippen LogP contribution < -0.4 is 4.74 Å². The summed E-state index contributed by atoms with van der Waals surface area (Å²) >= 11 is 0. The Hall–Kier alpha value is -3.66. The van der Waals surface area contributed by atoms with Crippen LogP contribution in [0.1, 0.15) is 28.2 Å². The topological polar surface area (TPSA) is 82.6 Å². The molecule has 10 heteroatoms. The summed E-state index contributed by atoms with van der Waals surface area (Å²) in [6, 6.07) is 14.0. The number of alkyl halides is 3. The van der Waals surface area contributed by atoms with Gasteiger partial charge in [-0.2, -0.15) is 13.2 Å². The van der Waals surface area contributed by atoms with Gasteiger partial charge in [0.1, 0.15) is 5.75 Å². The van der Waals surface area contributed by atoms with Crippen molar-refractivity contribution in [2.45, 2.75) is 17.1 Å². The second-order valence-corrected chi connectivity index (χ2v) is 9.45. The quantitative estimate of drug-likeness (QED) is 0.320. The van der Waals surface area contributed by atoms with Crippen molar-refractivity contribution in [3.05, 3.63) is 95.2 Å². The lowest BCUT2D eigenvalue weighted by atomic mass is 9.88. The van der Waals surface area contributed by atoms with E-state index in [1.807, 2.05) is 0 Å². The largest absolute Gasteiger partial charge is 0.497 e. The SMILES string of the molecule is COC(=O)/C=C/c1cc(C(F)(F)F)ccc1C(CS(=O)(=O)c1ccccn1)c1ccc(OC)cc1. The second kappa shape index (κ2) is 10.7. The molecule has 0 saturated heterocycles. The minimum absolute atomic E-state index is 0.0299. The Bertz CT molecular complexity index is 1310. The fraction of sp³-hybridized carbons (Fsp3) is 0.200. The number of carbonyl (C=O) groups is 1. The Morgan fingerprint density at radius 1 is 1.06 bits per heavy atom. The highest BCUT2D eigenvalue weighted by Gasteiger charge is 2.32. The van der Waals surface area contributed by atoms with Gasteiger partial charge < -0.3 is 9.47 Å². The van der Waals surface area contributed by atoms with Gasteiger partial charge in [0.2, 0.25) is 0 Å². The Kier molecular flexibility index (Phi) is 7.96. The van der Waals surface area contributed by atoms with Crippen LogP contribution in [0.2, 0.25) is 0 Å². The number of halogens is 3. The number of pyridine rings is 1. The van der Waals surface area contributed by atoms with E-state index in [0.29, 0.717) is 11.3 Å². The summed E-state index contributed by atoms with van der Waals surface area (Å²) in [7, 11) is -1.33. The molecule has 0 fully saturated rings. The summed E-state index contributed by atoms with van der Waals surface area (Å²) in [4.78, 5) is 15.6. The average Bonchev–Trinajstić information content (AvgIpc) is 2.86. The lowest BCUT2D eigenvalue weighted by molar-refractivity contribution is -0.137. The Morgan fingerprint density at radius 3 is 2.34 bits per heavy atom. The van der Waals surface area contributed by atoms with Crippen molar-refractivity contribution in [2.24, 2.45) is 0 Å². The first-order chi connectivity index (χ1) is 16.5. The van der Waals surface area contributed by atoms with Crippen LogP contribution in [0.25, 0.3) is 6.08 Å². The second-order valence-electron chi connectivity index (χ2n) is 7.47. The molecule has 0 radical (unpaired) electrons. The minimum atomic E-state index is -4.64. The van der Waals surface area contributed by atoms with Crippen LogP contribution in [-0.4, -0.2) is 39.3 Å². The van der Waals surface area contributed by atoms with Crippen LogP contribution >= 0.6 is 0 Å². The monoisotopic (exact) mass is 505 g/mol. The molecule has 3 aromatic rings. The van der Waals surface area contributed by atoms with Crippen LogP contribution in [0.3, 0.4) is 0 Å². The van der Waals surface area contributed by atoms with Crippen molar-refractivity contribution in [1.82, 2.24) is 4.98 Å². The molecule has 0 aliphatic carbocycles. The Labute approximate surface area is 201 Å². The summed E-state index contributed by atoms with van der Waals surface area (Å²) in [6.45, 7) is 0. The number of ether oxygens (including phenoxy) is 2. The maximum Gasteiger partial charge on any atom is 0.416 e. The van der Waals surface area contributed by atoms with E-state index in [9.17, 15) is 26.4 Å². The smallest absolute Gasteiger partial charge is 0.416 e. The minimum Gasteiger partial charge on any atom is -0.497 e. The van der Waals surface area contributed by atoms with Crippen LogP contribution in [0.4, 0.5) is 13.2 Å². The summed E-state index contributed by atoms with van der Waals surface area (Å²) in [5.41, 5.74) is -0.102. The third-order valence-corrected chi connectivity index (χ3v) is 6.90. The van der Waals surface area contributed by atoms with E-state index in [4.69, 9.17) is 4.74 Å². The van der Waals surface area contributed by atoms with E-state index in [0.717, 1.165) is 25.3 Å². The van der Waals surface area contributed by atoms with Crippen molar-refractivity contribution >= 4 is 21.9 Å². The zero-order valence-electron chi connectivity index (χ0n) is 18.8.